The molecule has 2 aromatic rings. The molecule has 0 spiro atoms. The van der Waals surface area contributed by atoms with Gasteiger partial charge in [0.25, 0.3) is 0 Å². The summed E-state index contributed by atoms with van der Waals surface area (Å²) in [7, 11) is 0. The Morgan fingerprint density at radius 1 is 0.750 bits per heavy atom. The van der Waals surface area contributed by atoms with Gasteiger partial charge in [0.1, 0.15) is 6.54 Å². The largest absolute Gasteiger partial charge is 0.318 e. The fourth-order valence-corrected chi connectivity index (χ4v) is 2.99. The van der Waals surface area contributed by atoms with E-state index in [0.29, 0.717) is 23.2 Å². The molecule has 0 atom stereocenters. The third kappa shape index (κ3) is 3.98. The summed E-state index contributed by atoms with van der Waals surface area (Å²) in [6.45, 7) is 9.64. The summed E-state index contributed by atoms with van der Waals surface area (Å²) in [4.78, 5) is 25.3. The van der Waals surface area contributed by atoms with Gasteiger partial charge in [-0.25, -0.2) is 0 Å². The van der Waals surface area contributed by atoms with E-state index in [2.05, 4.69) is 20.8 Å². The number of nitrogens with zero attached hydrogens (tertiary/aromatic N) is 1. The highest BCUT2D eigenvalue weighted by Crippen LogP contribution is 2.14. The Morgan fingerprint density at radius 3 is 1.88 bits per heavy atom. The molecule has 3 heteroatoms. The van der Waals surface area contributed by atoms with Gasteiger partial charge in [0.2, 0.25) is 5.78 Å². The minimum absolute atomic E-state index is 0.0486. The SMILES string of the molecule is CC[N+](CC)(CC)CC(=O)c1cccc(C(=O)c2ccccc2)c1. The van der Waals surface area contributed by atoms with Crippen molar-refractivity contribution in [2.24, 2.45) is 0 Å². The molecular weight excluding hydrogens is 298 g/mol. The lowest BCUT2D eigenvalue weighted by Crippen LogP contribution is -2.50. The molecule has 0 unspecified atom stereocenters. The maximum atomic E-state index is 12.7. The van der Waals surface area contributed by atoms with E-state index in [1.54, 1.807) is 36.4 Å². The van der Waals surface area contributed by atoms with Crippen molar-refractivity contribution in [2.45, 2.75) is 20.8 Å². The number of ketones is 2. The van der Waals surface area contributed by atoms with E-state index in [1.807, 2.05) is 18.2 Å². The van der Waals surface area contributed by atoms with E-state index in [1.165, 1.54) is 0 Å². The molecule has 0 N–H and O–H groups in total. The quantitative estimate of drug-likeness (QED) is 0.544. The third-order valence-electron chi connectivity index (χ3n) is 4.97. The lowest BCUT2D eigenvalue weighted by molar-refractivity contribution is -0.915. The highest BCUT2D eigenvalue weighted by molar-refractivity contribution is 6.10. The molecule has 0 bridgehead atoms. The van der Waals surface area contributed by atoms with Crippen LogP contribution in [0.5, 0.6) is 0 Å². The van der Waals surface area contributed by atoms with Crippen molar-refractivity contribution in [1.29, 1.82) is 0 Å². The number of hydrogen-bond donors (Lipinski definition) is 0. The van der Waals surface area contributed by atoms with Crippen molar-refractivity contribution < 1.29 is 14.1 Å². The summed E-state index contributed by atoms with van der Waals surface area (Å²) in [5.41, 5.74) is 1.83. The fraction of sp³-hybridized carbons (Fsp3) is 0.333. The highest BCUT2D eigenvalue weighted by atomic mass is 16.1. The summed E-state index contributed by atoms with van der Waals surface area (Å²) >= 11 is 0. The van der Waals surface area contributed by atoms with Gasteiger partial charge in [0.15, 0.2) is 5.78 Å². The van der Waals surface area contributed by atoms with Crippen LogP contribution in [-0.4, -0.2) is 42.2 Å². The predicted molar refractivity (Wildman–Crippen MR) is 97.4 cm³/mol. The molecule has 0 aliphatic heterocycles. The van der Waals surface area contributed by atoms with E-state index in [4.69, 9.17) is 0 Å². The van der Waals surface area contributed by atoms with E-state index in [0.717, 1.165) is 24.1 Å². The monoisotopic (exact) mass is 324 g/mol. The number of likely N-dealkylation sites (N-methyl/N-ethyl adjacent to an activating group) is 1. The van der Waals surface area contributed by atoms with Gasteiger partial charge in [-0.2, -0.15) is 0 Å². The summed E-state index contributed by atoms with van der Waals surface area (Å²) in [6, 6.07) is 16.3. The zero-order valence-corrected chi connectivity index (χ0v) is 14.8. The molecule has 0 radical (unpaired) electrons. The number of Topliss-reactive ketones (excluding diaryl/α,β-unsaturated/α-hetero) is 1. The van der Waals surface area contributed by atoms with Crippen molar-refractivity contribution in [2.75, 3.05) is 26.2 Å². The summed E-state index contributed by atoms with van der Waals surface area (Å²) in [5.74, 6) is 0.0516. The molecule has 0 heterocycles. The molecule has 0 saturated heterocycles. The molecular formula is C21H26NO2+. The predicted octanol–water partition coefficient (Wildman–Crippen LogP) is 3.98. The number of carbonyl (C=O) groups excluding carboxylic acids is 2. The molecule has 0 amide bonds. The molecule has 24 heavy (non-hydrogen) atoms. The van der Waals surface area contributed by atoms with Crippen molar-refractivity contribution in [3.63, 3.8) is 0 Å². The van der Waals surface area contributed by atoms with Crippen molar-refractivity contribution in [3.05, 3.63) is 71.3 Å². The second kappa shape index (κ2) is 8.02. The maximum absolute atomic E-state index is 12.7. The van der Waals surface area contributed by atoms with Gasteiger partial charge >= 0.3 is 0 Å². The van der Waals surface area contributed by atoms with Crippen LogP contribution in [0, 0.1) is 0 Å². The van der Waals surface area contributed by atoms with E-state index < -0.39 is 0 Å². The Morgan fingerprint density at radius 2 is 1.29 bits per heavy atom. The molecule has 0 saturated carbocycles. The first kappa shape index (κ1) is 18.1. The number of quaternary nitrogens is 1. The van der Waals surface area contributed by atoms with Crippen molar-refractivity contribution in [1.82, 2.24) is 0 Å². The van der Waals surface area contributed by atoms with Crippen LogP contribution in [0.15, 0.2) is 54.6 Å². The maximum Gasteiger partial charge on any atom is 0.216 e. The van der Waals surface area contributed by atoms with Crippen molar-refractivity contribution >= 4 is 11.6 Å². The Bertz CT molecular complexity index is 695. The van der Waals surface area contributed by atoms with Gasteiger partial charge in [-0.15, -0.1) is 0 Å². The third-order valence-corrected chi connectivity index (χ3v) is 4.97. The molecule has 0 fully saturated rings. The fourth-order valence-electron chi connectivity index (χ4n) is 2.99. The Labute approximate surface area is 144 Å². The average molecular weight is 324 g/mol. The van der Waals surface area contributed by atoms with Gasteiger partial charge < -0.3 is 4.48 Å². The van der Waals surface area contributed by atoms with E-state index >= 15 is 0 Å². The van der Waals surface area contributed by atoms with Gasteiger partial charge in [-0.1, -0.05) is 48.5 Å². The normalized spacial score (nSPS) is 11.3. The van der Waals surface area contributed by atoms with Gasteiger partial charge in [-0.05, 0) is 26.8 Å². The molecule has 126 valence electrons. The van der Waals surface area contributed by atoms with Crippen LogP contribution in [0.3, 0.4) is 0 Å². The average Bonchev–Trinajstić information content (AvgIpc) is 2.66. The van der Waals surface area contributed by atoms with Crippen LogP contribution < -0.4 is 0 Å². The molecule has 0 aromatic heterocycles. The second-order valence-electron chi connectivity index (χ2n) is 6.15. The van der Waals surface area contributed by atoms with E-state index in [9.17, 15) is 9.59 Å². The van der Waals surface area contributed by atoms with Crippen molar-refractivity contribution in [3.8, 4) is 0 Å². The minimum atomic E-state index is -0.0486. The van der Waals surface area contributed by atoms with Gasteiger partial charge in [0.05, 0.1) is 19.6 Å². The summed E-state index contributed by atoms with van der Waals surface area (Å²) < 4.78 is 0.774. The Hall–Kier alpha value is -2.26. The van der Waals surface area contributed by atoms with Crippen LogP contribution in [0.1, 0.15) is 47.1 Å². The number of carbonyl (C=O) groups is 2. The number of rotatable bonds is 8. The molecule has 0 aliphatic rings. The lowest BCUT2D eigenvalue weighted by atomic mass is 9.99. The first-order valence-corrected chi connectivity index (χ1v) is 8.63. The highest BCUT2D eigenvalue weighted by Gasteiger charge is 2.25. The summed E-state index contributed by atoms with van der Waals surface area (Å²) in [6.07, 6.45) is 0. The van der Waals surface area contributed by atoms with Crippen LogP contribution in [-0.2, 0) is 0 Å². The van der Waals surface area contributed by atoms with E-state index in [-0.39, 0.29) is 11.6 Å². The number of benzene rings is 2. The lowest BCUT2D eigenvalue weighted by Gasteiger charge is -2.35. The second-order valence-corrected chi connectivity index (χ2v) is 6.15. The first-order valence-electron chi connectivity index (χ1n) is 8.63. The smallest absolute Gasteiger partial charge is 0.216 e. The molecule has 0 aliphatic carbocycles. The summed E-state index contributed by atoms with van der Waals surface area (Å²) in [5, 5.41) is 0. The molecule has 3 nitrogen and oxygen atoms in total. The zero-order chi connectivity index (χ0) is 17.6. The van der Waals surface area contributed by atoms with Crippen LogP contribution in [0.25, 0.3) is 0 Å². The van der Waals surface area contributed by atoms with Crippen LogP contribution in [0.2, 0.25) is 0 Å². The zero-order valence-electron chi connectivity index (χ0n) is 14.8. The standard InChI is InChI=1S/C21H26NO2/c1-4-22(5-2,6-3)16-20(23)18-13-10-14-19(15-18)21(24)17-11-8-7-9-12-17/h7-15H,4-6,16H2,1-3H3/q+1. The van der Waals surface area contributed by atoms with Crippen LogP contribution >= 0.6 is 0 Å². The number of hydrogen-bond acceptors (Lipinski definition) is 2. The van der Waals surface area contributed by atoms with Gasteiger partial charge in [0, 0.05) is 16.7 Å². The Kier molecular flexibility index (Phi) is 6.04. The van der Waals surface area contributed by atoms with Gasteiger partial charge in [-0.3, -0.25) is 9.59 Å². The Balaban J connectivity index is 2.24. The van der Waals surface area contributed by atoms with Crippen LogP contribution in [0.4, 0.5) is 0 Å². The first-order chi connectivity index (χ1) is 11.5. The topological polar surface area (TPSA) is 34.1 Å². The minimum Gasteiger partial charge on any atom is -0.318 e. The molecule has 2 rings (SSSR count). The molecule has 2 aromatic carbocycles.